The summed E-state index contributed by atoms with van der Waals surface area (Å²) in [5.74, 6) is -1.42. The standard InChI is InChI=1S/C29H25F7O5S/c1-40-25(37)20-6-4-19(5-7-20)18-41-27(28(31,32)33,29(34,35)36)22-10-8-21(9-11-22)26(16-2-3-17-26)42(38,39)24-14-12-23(30)13-15-24/h4-15H,2-3,16-18H2,1H3. The van der Waals surface area contributed by atoms with Gasteiger partial charge in [0.15, 0.2) is 9.84 Å². The Morgan fingerprint density at radius 1 is 0.810 bits per heavy atom. The van der Waals surface area contributed by atoms with Crippen molar-refractivity contribution in [1.82, 2.24) is 0 Å². The molecule has 0 saturated heterocycles. The monoisotopic (exact) mass is 618 g/mol. The Kier molecular flexibility index (Phi) is 8.49. The van der Waals surface area contributed by atoms with E-state index in [-0.39, 0.29) is 34.4 Å². The van der Waals surface area contributed by atoms with Gasteiger partial charge in [-0.3, -0.25) is 0 Å². The van der Waals surface area contributed by atoms with E-state index in [2.05, 4.69) is 9.47 Å². The molecule has 1 saturated carbocycles. The minimum atomic E-state index is -5.97. The molecule has 0 unspecified atom stereocenters. The van der Waals surface area contributed by atoms with Crippen molar-refractivity contribution in [2.45, 2.75) is 59.9 Å². The Bertz CT molecular complexity index is 1490. The van der Waals surface area contributed by atoms with Crippen LogP contribution in [0.2, 0.25) is 0 Å². The maximum Gasteiger partial charge on any atom is 0.430 e. The van der Waals surface area contributed by atoms with Crippen molar-refractivity contribution in [3.05, 3.63) is 101 Å². The number of carbonyl (C=O) groups excluding carboxylic acids is 1. The number of rotatable bonds is 8. The number of sulfone groups is 1. The van der Waals surface area contributed by atoms with Gasteiger partial charge in [-0.15, -0.1) is 0 Å². The van der Waals surface area contributed by atoms with Gasteiger partial charge in [-0.1, -0.05) is 49.2 Å². The van der Waals surface area contributed by atoms with Crippen LogP contribution in [0, 0.1) is 5.82 Å². The zero-order valence-electron chi connectivity index (χ0n) is 22.1. The molecule has 0 N–H and O–H groups in total. The molecule has 0 amide bonds. The second-order valence-electron chi connectivity index (χ2n) is 9.89. The minimum absolute atomic E-state index is 0.0183. The van der Waals surface area contributed by atoms with E-state index in [1.54, 1.807) is 0 Å². The van der Waals surface area contributed by atoms with E-state index in [0.717, 1.165) is 55.6 Å². The van der Waals surface area contributed by atoms with Crippen LogP contribution in [0.3, 0.4) is 0 Å². The van der Waals surface area contributed by atoms with Crippen LogP contribution in [-0.4, -0.2) is 33.8 Å². The number of benzene rings is 3. The normalized spacial score (nSPS) is 15.9. The zero-order valence-corrected chi connectivity index (χ0v) is 22.9. The average molecular weight is 619 g/mol. The van der Waals surface area contributed by atoms with Gasteiger partial charge in [-0.05, 0) is 60.4 Å². The van der Waals surface area contributed by atoms with Crippen LogP contribution >= 0.6 is 0 Å². The molecule has 0 aliphatic heterocycles. The molecule has 0 bridgehead atoms. The highest BCUT2D eigenvalue weighted by atomic mass is 32.2. The average Bonchev–Trinajstić information content (AvgIpc) is 3.44. The number of hydrogen-bond acceptors (Lipinski definition) is 5. The first-order chi connectivity index (χ1) is 19.6. The van der Waals surface area contributed by atoms with E-state index in [0.29, 0.717) is 25.0 Å². The van der Waals surface area contributed by atoms with Gasteiger partial charge in [-0.25, -0.2) is 17.6 Å². The lowest BCUT2D eigenvalue weighted by atomic mass is 9.88. The summed E-state index contributed by atoms with van der Waals surface area (Å²) in [4.78, 5) is 11.4. The lowest BCUT2D eigenvalue weighted by molar-refractivity contribution is -0.392. The van der Waals surface area contributed by atoms with Crippen LogP contribution in [0.5, 0.6) is 0 Å². The fourth-order valence-electron chi connectivity index (χ4n) is 5.29. The second kappa shape index (κ2) is 11.3. The first kappa shape index (κ1) is 31.5. The number of hydrogen-bond donors (Lipinski definition) is 0. The molecule has 5 nitrogen and oxygen atoms in total. The SMILES string of the molecule is COC(=O)c1ccc(COC(c2ccc(C3(S(=O)(=O)c4ccc(F)cc4)CCCC3)cc2)(C(F)(F)F)C(F)(F)F)cc1. The van der Waals surface area contributed by atoms with E-state index in [4.69, 9.17) is 0 Å². The molecule has 0 heterocycles. The van der Waals surface area contributed by atoms with Crippen LogP contribution in [0.25, 0.3) is 0 Å². The third kappa shape index (κ3) is 5.39. The van der Waals surface area contributed by atoms with Crippen molar-refractivity contribution in [2.24, 2.45) is 0 Å². The number of methoxy groups -OCH3 is 1. The third-order valence-corrected chi connectivity index (χ3v) is 10.1. The van der Waals surface area contributed by atoms with Crippen molar-refractivity contribution in [3.63, 3.8) is 0 Å². The molecular weight excluding hydrogens is 593 g/mol. The summed E-state index contributed by atoms with van der Waals surface area (Å²) in [5.41, 5.74) is -6.06. The molecule has 226 valence electrons. The molecule has 3 aromatic carbocycles. The summed E-state index contributed by atoms with van der Waals surface area (Å²) >= 11 is 0. The Hall–Kier alpha value is -3.45. The first-order valence-electron chi connectivity index (χ1n) is 12.6. The van der Waals surface area contributed by atoms with Gasteiger partial charge in [0.25, 0.3) is 5.60 Å². The van der Waals surface area contributed by atoms with Crippen molar-refractivity contribution in [3.8, 4) is 0 Å². The van der Waals surface area contributed by atoms with E-state index >= 15 is 0 Å². The Labute approximate surface area is 237 Å². The second-order valence-corrected chi connectivity index (χ2v) is 12.1. The van der Waals surface area contributed by atoms with Crippen LogP contribution in [-0.2, 0) is 36.3 Å². The van der Waals surface area contributed by atoms with Gasteiger partial charge < -0.3 is 9.47 Å². The quantitative estimate of drug-likeness (QED) is 0.150. The molecule has 3 aromatic rings. The van der Waals surface area contributed by atoms with E-state index < -0.39 is 56.5 Å². The van der Waals surface area contributed by atoms with Crippen molar-refractivity contribution in [1.29, 1.82) is 0 Å². The van der Waals surface area contributed by atoms with Crippen molar-refractivity contribution < 1.29 is 53.4 Å². The van der Waals surface area contributed by atoms with Crippen molar-refractivity contribution in [2.75, 3.05) is 7.11 Å². The summed E-state index contributed by atoms with van der Waals surface area (Å²) in [7, 11) is -3.10. The van der Waals surface area contributed by atoms with E-state index in [1.165, 1.54) is 12.1 Å². The summed E-state index contributed by atoms with van der Waals surface area (Å²) < 4.78 is 135. The van der Waals surface area contributed by atoms with Crippen molar-refractivity contribution >= 4 is 15.8 Å². The molecule has 13 heteroatoms. The lowest BCUT2D eigenvalue weighted by Crippen LogP contribution is -2.55. The molecule has 0 atom stereocenters. The zero-order chi connectivity index (χ0) is 31.0. The number of esters is 1. The predicted octanol–water partition coefficient (Wildman–Crippen LogP) is 7.39. The highest BCUT2D eigenvalue weighted by molar-refractivity contribution is 7.92. The Morgan fingerprint density at radius 3 is 1.81 bits per heavy atom. The summed E-state index contributed by atoms with van der Waals surface area (Å²) in [6, 6.07) is 11.7. The number of ether oxygens (including phenoxy) is 2. The first-order valence-corrected chi connectivity index (χ1v) is 14.1. The third-order valence-electron chi connectivity index (χ3n) is 7.50. The summed E-state index contributed by atoms with van der Waals surface area (Å²) in [6.45, 7) is -1.12. The van der Waals surface area contributed by atoms with Gasteiger partial charge >= 0.3 is 18.3 Å². The summed E-state index contributed by atoms with van der Waals surface area (Å²) in [5, 5.41) is 0. The van der Waals surface area contributed by atoms with Gasteiger partial charge in [0.05, 0.1) is 24.2 Å². The van der Waals surface area contributed by atoms with Crippen LogP contribution in [0.4, 0.5) is 30.7 Å². The molecule has 4 rings (SSSR count). The molecule has 42 heavy (non-hydrogen) atoms. The molecule has 1 aliphatic rings. The number of halogens is 7. The molecule has 1 aliphatic carbocycles. The van der Waals surface area contributed by atoms with Gasteiger partial charge in [0, 0.05) is 5.56 Å². The Balaban J connectivity index is 1.75. The van der Waals surface area contributed by atoms with Gasteiger partial charge in [0.2, 0.25) is 0 Å². The number of alkyl halides is 6. The highest BCUT2D eigenvalue weighted by Gasteiger charge is 2.73. The predicted molar refractivity (Wildman–Crippen MR) is 137 cm³/mol. The fourth-order valence-corrected chi connectivity index (χ4v) is 7.51. The van der Waals surface area contributed by atoms with Gasteiger partial charge in [0.1, 0.15) is 10.6 Å². The summed E-state index contributed by atoms with van der Waals surface area (Å²) in [6.07, 6.45) is -10.9. The Morgan fingerprint density at radius 2 is 1.33 bits per heavy atom. The van der Waals surface area contributed by atoms with Crippen LogP contribution in [0.15, 0.2) is 77.7 Å². The molecule has 0 spiro atoms. The van der Waals surface area contributed by atoms with Crippen LogP contribution in [0.1, 0.15) is 52.7 Å². The van der Waals surface area contributed by atoms with E-state index in [9.17, 15) is 43.9 Å². The largest absolute Gasteiger partial charge is 0.465 e. The molecule has 0 radical (unpaired) electrons. The molecule has 1 fully saturated rings. The molecule has 0 aromatic heterocycles. The van der Waals surface area contributed by atoms with E-state index in [1.807, 2.05) is 0 Å². The smallest absolute Gasteiger partial charge is 0.430 e. The van der Waals surface area contributed by atoms with Gasteiger partial charge in [-0.2, -0.15) is 26.3 Å². The minimum Gasteiger partial charge on any atom is -0.465 e. The number of carbonyl (C=O) groups is 1. The molecular formula is C29H25F7O5S. The maximum absolute atomic E-state index is 14.4. The van der Waals surface area contributed by atoms with Crippen LogP contribution < -0.4 is 0 Å². The topological polar surface area (TPSA) is 69.7 Å². The lowest BCUT2D eigenvalue weighted by Gasteiger charge is -2.38. The highest BCUT2D eigenvalue weighted by Crippen LogP contribution is 2.54. The maximum atomic E-state index is 14.4. The fraction of sp³-hybridized carbons (Fsp3) is 0.345.